The fourth-order valence-corrected chi connectivity index (χ4v) is 4.25. The lowest BCUT2D eigenvalue weighted by Gasteiger charge is -2.15. The Balaban J connectivity index is 1.53. The summed E-state index contributed by atoms with van der Waals surface area (Å²) in [5, 5.41) is 4.49. The summed E-state index contributed by atoms with van der Waals surface area (Å²) in [6.45, 7) is 4.83. The fraction of sp³-hybridized carbons (Fsp3) is 0.375. The molecule has 5 heteroatoms. The van der Waals surface area contributed by atoms with E-state index in [9.17, 15) is 9.59 Å². The van der Waals surface area contributed by atoms with Crippen molar-refractivity contribution in [3.8, 4) is 0 Å². The van der Waals surface area contributed by atoms with Crippen molar-refractivity contribution in [1.29, 1.82) is 0 Å². The quantitative estimate of drug-likeness (QED) is 0.605. The number of carbonyl (C=O) groups is 1. The van der Waals surface area contributed by atoms with Crippen molar-refractivity contribution in [2.45, 2.75) is 59.0 Å². The van der Waals surface area contributed by atoms with Crippen LogP contribution in [0.3, 0.4) is 0 Å². The van der Waals surface area contributed by atoms with Crippen molar-refractivity contribution in [2.75, 3.05) is 0 Å². The maximum Gasteiger partial charge on any atom is 0.267 e. The molecule has 0 unspecified atom stereocenters. The monoisotopic (exact) mass is 389 g/mol. The standard InChI is InChI=1S/C24H27N3O2/c1-17-14-21(18(2)26(17)13-12-19-8-4-3-5-9-19)23(28)16-27-24(29)15-20-10-6-7-11-22(20)25-27/h3-5,8-9,14-15H,6-7,10-13,16H2,1-2H3. The van der Waals surface area contributed by atoms with Gasteiger partial charge >= 0.3 is 0 Å². The van der Waals surface area contributed by atoms with Crippen molar-refractivity contribution in [3.63, 3.8) is 0 Å². The normalized spacial score (nSPS) is 13.3. The van der Waals surface area contributed by atoms with Crippen LogP contribution < -0.4 is 5.56 Å². The van der Waals surface area contributed by atoms with E-state index in [1.807, 2.05) is 38.1 Å². The van der Waals surface area contributed by atoms with Gasteiger partial charge in [-0.05, 0) is 63.1 Å². The average Bonchev–Trinajstić information content (AvgIpc) is 3.01. The van der Waals surface area contributed by atoms with E-state index in [1.54, 1.807) is 6.07 Å². The maximum absolute atomic E-state index is 13.0. The van der Waals surface area contributed by atoms with Crippen LogP contribution in [0.4, 0.5) is 0 Å². The Labute approximate surface area is 171 Å². The van der Waals surface area contributed by atoms with Gasteiger partial charge in [0.25, 0.3) is 5.56 Å². The molecule has 4 rings (SSSR count). The number of Topliss-reactive ketones (excluding diaryl/α,β-unsaturated/α-hetero) is 1. The van der Waals surface area contributed by atoms with Gasteiger partial charge in [-0.2, -0.15) is 5.10 Å². The largest absolute Gasteiger partial charge is 0.348 e. The molecule has 1 aliphatic carbocycles. The second kappa shape index (κ2) is 8.19. The van der Waals surface area contributed by atoms with Gasteiger partial charge < -0.3 is 4.57 Å². The van der Waals surface area contributed by atoms with E-state index >= 15 is 0 Å². The fourth-order valence-electron chi connectivity index (χ4n) is 4.25. The molecule has 0 atom stereocenters. The molecule has 0 saturated carbocycles. The Morgan fingerprint density at radius 3 is 2.62 bits per heavy atom. The second-order valence-corrected chi connectivity index (χ2v) is 7.91. The second-order valence-electron chi connectivity index (χ2n) is 7.91. The van der Waals surface area contributed by atoms with Crippen LogP contribution >= 0.6 is 0 Å². The highest BCUT2D eigenvalue weighted by Crippen LogP contribution is 2.19. The van der Waals surface area contributed by atoms with Crippen LogP contribution in [0.2, 0.25) is 0 Å². The van der Waals surface area contributed by atoms with Gasteiger partial charge in [-0.25, -0.2) is 4.68 Å². The minimum absolute atomic E-state index is 0.00487. The molecule has 29 heavy (non-hydrogen) atoms. The summed E-state index contributed by atoms with van der Waals surface area (Å²) in [5.41, 5.74) is 5.81. The minimum Gasteiger partial charge on any atom is -0.348 e. The number of nitrogens with zero attached hydrogens (tertiary/aromatic N) is 3. The average molecular weight is 389 g/mol. The topological polar surface area (TPSA) is 56.9 Å². The zero-order valence-electron chi connectivity index (χ0n) is 17.1. The predicted molar refractivity (Wildman–Crippen MR) is 114 cm³/mol. The Kier molecular flexibility index (Phi) is 5.47. The summed E-state index contributed by atoms with van der Waals surface area (Å²) < 4.78 is 3.52. The molecule has 0 amide bonds. The molecule has 0 fully saturated rings. The van der Waals surface area contributed by atoms with Gasteiger partial charge in [0.05, 0.1) is 5.69 Å². The first-order valence-corrected chi connectivity index (χ1v) is 10.4. The third-order valence-corrected chi connectivity index (χ3v) is 5.91. The zero-order valence-corrected chi connectivity index (χ0v) is 17.1. The lowest BCUT2D eigenvalue weighted by Crippen LogP contribution is -2.29. The summed E-state index contributed by atoms with van der Waals surface area (Å²) in [5.74, 6) is -0.0607. The predicted octanol–water partition coefficient (Wildman–Crippen LogP) is 3.67. The van der Waals surface area contributed by atoms with Gasteiger partial charge in [-0.1, -0.05) is 30.3 Å². The van der Waals surface area contributed by atoms with Crippen LogP contribution in [-0.2, 0) is 32.4 Å². The SMILES string of the molecule is Cc1cc(C(=O)Cn2nc3c(cc2=O)CCCC3)c(C)n1CCc1ccccc1. The van der Waals surface area contributed by atoms with E-state index in [-0.39, 0.29) is 17.9 Å². The molecule has 1 aromatic carbocycles. The highest BCUT2D eigenvalue weighted by Gasteiger charge is 2.19. The summed E-state index contributed by atoms with van der Waals surface area (Å²) in [4.78, 5) is 25.4. The Morgan fingerprint density at radius 1 is 1.07 bits per heavy atom. The number of aryl methyl sites for hydroxylation is 4. The van der Waals surface area contributed by atoms with E-state index in [2.05, 4.69) is 21.8 Å². The third kappa shape index (κ3) is 4.09. The lowest BCUT2D eigenvalue weighted by atomic mass is 9.97. The van der Waals surface area contributed by atoms with Gasteiger partial charge in [0.15, 0.2) is 5.78 Å². The van der Waals surface area contributed by atoms with Gasteiger partial charge in [0.1, 0.15) is 6.54 Å². The van der Waals surface area contributed by atoms with Crippen molar-refractivity contribution in [3.05, 3.63) is 86.6 Å². The molecule has 0 aliphatic heterocycles. The number of fused-ring (bicyclic) bond motifs is 1. The summed E-state index contributed by atoms with van der Waals surface area (Å²) in [7, 11) is 0. The highest BCUT2D eigenvalue weighted by atomic mass is 16.1. The maximum atomic E-state index is 13.0. The number of aromatic nitrogens is 3. The molecule has 0 radical (unpaired) electrons. The van der Waals surface area contributed by atoms with Crippen LogP contribution in [0.5, 0.6) is 0 Å². The molecule has 0 saturated heterocycles. The van der Waals surface area contributed by atoms with E-state index < -0.39 is 0 Å². The molecule has 0 bridgehead atoms. The molecule has 1 aliphatic rings. The van der Waals surface area contributed by atoms with Crippen molar-refractivity contribution < 1.29 is 4.79 Å². The van der Waals surface area contributed by atoms with Gasteiger partial charge in [0, 0.05) is 29.6 Å². The van der Waals surface area contributed by atoms with E-state index in [4.69, 9.17) is 0 Å². The number of hydrogen-bond donors (Lipinski definition) is 0. The van der Waals surface area contributed by atoms with Crippen LogP contribution in [-0.4, -0.2) is 20.1 Å². The molecule has 2 aromatic heterocycles. The van der Waals surface area contributed by atoms with Crippen molar-refractivity contribution in [1.82, 2.24) is 14.3 Å². The number of rotatable bonds is 6. The molecule has 5 nitrogen and oxygen atoms in total. The number of benzene rings is 1. The minimum atomic E-state index is -0.183. The molecule has 0 N–H and O–H groups in total. The highest BCUT2D eigenvalue weighted by molar-refractivity contribution is 5.97. The summed E-state index contributed by atoms with van der Waals surface area (Å²) in [6.07, 6.45) is 4.91. The summed E-state index contributed by atoms with van der Waals surface area (Å²) >= 11 is 0. The first kappa shape index (κ1) is 19.4. The smallest absolute Gasteiger partial charge is 0.267 e. The van der Waals surface area contributed by atoms with Crippen LogP contribution in [0.15, 0.2) is 47.3 Å². The Bertz CT molecular complexity index is 1090. The van der Waals surface area contributed by atoms with E-state index in [0.717, 1.165) is 61.3 Å². The van der Waals surface area contributed by atoms with Gasteiger partial charge in [-0.3, -0.25) is 9.59 Å². The molecule has 3 aromatic rings. The number of ketones is 1. The first-order chi connectivity index (χ1) is 14.0. The zero-order chi connectivity index (χ0) is 20.4. The van der Waals surface area contributed by atoms with Crippen molar-refractivity contribution in [2.24, 2.45) is 0 Å². The molecule has 2 heterocycles. The van der Waals surface area contributed by atoms with Gasteiger partial charge in [-0.15, -0.1) is 0 Å². The Hall–Kier alpha value is -2.95. The molecule has 150 valence electrons. The number of hydrogen-bond acceptors (Lipinski definition) is 3. The van der Waals surface area contributed by atoms with E-state index in [0.29, 0.717) is 5.56 Å². The van der Waals surface area contributed by atoms with Gasteiger partial charge in [0.2, 0.25) is 0 Å². The number of carbonyl (C=O) groups excluding carboxylic acids is 1. The van der Waals surface area contributed by atoms with Crippen LogP contribution in [0.1, 0.15) is 51.4 Å². The van der Waals surface area contributed by atoms with Crippen LogP contribution in [0, 0.1) is 13.8 Å². The first-order valence-electron chi connectivity index (χ1n) is 10.4. The molecular weight excluding hydrogens is 362 g/mol. The summed E-state index contributed by atoms with van der Waals surface area (Å²) in [6, 6.07) is 13.9. The van der Waals surface area contributed by atoms with Crippen molar-refractivity contribution >= 4 is 5.78 Å². The van der Waals surface area contributed by atoms with E-state index in [1.165, 1.54) is 10.2 Å². The molecule has 0 spiro atoms. The third-order valence-electron chi connectivity index (χ3n) is 5.91. The Morgan fingerprint density at radius 2 is 1.83 bits per heavy atom. The molecular formula is C24H27N3O2. The van der Waals surface area contributed by atoms with Crippen LogP contribution in [0.25, 0.3) is 0 Å². The lowest BCUT2D eigenvalue weighted by molar-refractivity contribution is 0.0964.